The fourth-order valence-electron chi connectivity index (χ4n) is 1.20. The van der Waals surface area contributed by atoms with E-state index in [1.807, 2.05) is 6.92 Å². The number of unbranched alkanes of at least 4 members (excludes halogenated alkanes) is 1. The highest BCUT2D eigenvalue weighted by Gasteiger charge is 2.10. The zero-order chi connectivity index (χ0) is 13.4. The zero-order valence-corrected chi connectivity index (χ0v) is 10.1. The summed E-state index contributed by atoms with van der Waals surface area (Å²) in [4.78, 5) is 11.3. The van der Waals surface area contributed by atoms with Crippen molar-refractivity contribution in [1.29, 1.82) is 0 Å². The number of anilines is 1. The van der Waals surface area contributed by atoms with E-state index in [1.165, 1.54) is 12.1 Å². The highest BCUT2D eigenvalue weighted by atomic mass is 16.6. The van der Waals surface area contributed by atoms with E-state index >= 15 is 0 Å². The predicted molar refractivity (Wildman–Crippen MR) is 67.1 cm³/mol. The van der Waals surface area contributed by atoms with Crippen LogP contribution in [-0.2, 0) is 4.74 Å². The van der Waals surface area contributed by atoms with Crippen molar-refractivity contribution in [3.05, 3.63) is 24.3 Å². The van der Waals surface area contributed by atoms with Gasteiger partial charge in [-0.05, 0) is 30.7 Å². The first kappa shape index (κ1) is 14.3. The van der Waals surface area contributed by atoms with Gasteiger partial charge in [-0.15, -0.1) is 0 Å². The molecule has 3 N–H and O–H groups in total. The summed E-state index contributed by atoms with van der Waals surface area (Å²) in [6, 6.07) is 6.14. The Morgan fingerprint density at radius 2 is 2.00 bits per heavy atom. The van der Waals surface area contributed by atoms with Crippen LogP contribution in [0.3, 0.4) is 0 Å². The van der Waals surface area contributed by atoms with Crippen molar-refractivity contribution in [3.63, 3.8) is 0 Å². The van der Waals surface area contributed by atoms with Crippen LogP contribution in [0.1, 0.15) is 19.8 Å². The predicted octanol–water partition coefficient (Wildman–Crippen LogP) is 1.38. The van der Waals surface area contributed by atoms with Crippen LogP contribution in [0.5, 0.6) is 5.75 Å². The molecule has 1 rings (SSSR count). The summed E-state index contributed by atoms with van der Waals surface area (Å²) >= 11 is 0. The van der Waals surface area contributed by atoms with Gasteiger partial charge in [0.1, 0.15) is 5.75 Å². The third-order valence-electron chi connectivity index (χ3n) is 2.07. The Balaban J connectivity index is 2.40. The molecule has 0 aromatic heterocycles. The van der Waals surface area contributed by atoms with Gasteiger partial charge < -0.3 is 19.4 Å². The molecule has 0 saturated carbocycles. The Morgan fingerprint density at radius 3 is 2.56 bits per heavy atom. The molecular weight excluding hydrogens is 237 g/mol. The average Bonchev–Trinajstić information content (AvgIpc) is 2.31. The van der Waals surface area contributed by atoms with Gasteiger partial charge in [-0.1, -0.05) is 13.3 Å². The third-order valence-corrected chi connectivity index (χ3v) is 2.07. The van der Waals surface area contributed by atoms with Gasteiger partial charge >= 0.3 is 13.4 Å². The van der Waals surface area contributed by atoms with Crippen molar-refractivity contribution < 1.29 is 24.2 Å². The molecule has 1 amide bonds. The number of carbonyl (C=O) groups excluding carboxylic acids is 1. The summed E-state index contributed by atoms with van der Waals surface area (Å²) in [6.07, 6.45) is 1.27. The number of benzene rings is 1. The van der Waals surface area contributed by atoms with E-state index in [4.69, 9.17) is 14.8 Å². The smallest absolute Gasteiger partial charge is 0.512 e. The summed E-state index contributed by atoms with van der Waals surface area (Å²) in [6.45, 7) is 2.40. The molecule has 0 aliphatic carbocycles. The number of carbonyl (C=O) groups is 1. The maximum Gasteiger partial charge on any atom is 0.707 e. The summed E-state index contributed by atoms with van der Waals surface area (Å²) < 4.78 is 9.54. The molecule has 98 valence electrons. The van der Waals surface area contributed by atoms with Crippen molar-refractivity contribution in [2.24, 2.45) is 0 Å². The Labute approximate surface area is 106 Å². The van der Waals surface area contributed by atoms with E-state index in [9.17, 15) is 4.79 Å². The number of ether oxygens (including phenoxy) is 1. The van der Waals surface area contributed by atoms with Crippen molar-refractivity contribution in [2.75, 3.05) is 11.9 Å². The molecule has 1 aromatic carbocycles. The van der Waals surface area contributed by atoms with Crippen molar-refractivity contribution in [1.82, 2.24) is 0 Å². The Kier molecular flexibility index (Phi) is 6.03. The maximum absolute atomic E-state index is 11.3. The van der Waals surface area contributed by atoms with E-state index in [-0.39, 0.29) is 5.75 Å². The first-order valence-corrected chi connectivity index (χ1v) is 5.68. The second kappa shape index (κ2) is 7.57. The third kappa shape index (κ3) is 5.56. The Hall–Kier alpha value is -1.73. The Morgan fingerprint density at radius 1 is 1.33 bits per heavy atom. The lowest BCUT2D eigenvalue weighted by Crippen LogP contribution is -2.20. The molecule has 0 atom stereocenters. The minimum Gasteiger partial charge on any atom is -0.512 e. The number of hydrogen-bond donors (Lipinski definition) is 3. The van der Waals surface area contributed by atoms with Gasteiger partial charge in [-0.2, -0.15) is 0 Å². The monoisotopic (exact) mass is 253 g/mol. The van der Waals surface area contributed by atoms with E-state index in [0.717, 1.165) is 12.8 Å². The van der Waals surface area contributed by atoms with Crippen LogP contribution in [0.15, 0.2) is 24.3 Å². The molecule has 1 aromatic rings. The van der Waals surface area contributed by atoms with E-state index in [1.54, 1.807) is 12.1 Å². The molecule has 0 aliphatic rings. The number of nitrogens with one attached hydrogen (secondary N) is 1. The molecule has 0 fully saturated rings. The molecule has 0 heterocycles. The number of amides is 1. The van der Waals surface area contributed by atoms with E-state index in [2.05, 4.69) is 9.97 Å². The molecule has 7 heteroatoms. The lowest BCUT2D eigenvalue weighted by molar-refractivity contribution is 0.160. The normalized spacial score (nSPS) is 9.72. The molecular formula is C11H16BNO5. The maximum atomic E-state index is 11.3. The van der Waals surface area contributed by atoms with Crippen molar-refractivity contribution >= 4 is 19.1 Å². The van der Waals surface area contributed by atoms with Gasteiger partial charge in [0, 0.05) is 5.69 Å². The summed E-state index contributed by atoms with van der Waals surface area (Å²) in [5, 5.41) is 19.7. The minimum absolute atomic E-state index is 0.287. The number of hydrogen-bond acceptors (Lipinski definition) is 5. The van der Waals surface area contributed by atoms with Gasteiger partial charge in [0.15, 0.2) is 0 Å². The lowest BCUT2D eigenvalue weighted by Gasteiger charge is -2.08. The van der Waals surface area contributed by atoms with Gasteiger partial charge in [-0.25, -0.2) is 4.79 Å². The topological polar surface area (TPSA) is 88.0 Å². The summed E-state index contributed by atoms with van der Waals surface area (Å²) in [5.74, 6) is 0.287. The SMILES string of the molecule is CCCCOC(=O)Nc1ccc(OB(O)O)cc1. The number of rotatable bonds is 6. The van der Waals surface area contributed by atoms with Crippen LogP contribution in [0.2, 0.25) is 0 Å². The quantitative estimate of drug-likeness (QED) is 0.526. The molecule has 0 aliphatic heterocycles. The molecule has 0 radical (unpaired) electrons. The summed E-state index contributed by atoms with van der Waals surface area (Å²) in [7, 11) is -1.86. The second-order valence-corrected chi connectivity index (χ2v) is 3.58. The van der Waals surface area contributed by atoms with Crippen LogP contribution in [0, 0.1) is 0 Å². The Bertz CT molecular complexity index is 368. The van der Waals surface area contributed by atoms with Crippen LogP contribution in [0.4, 0.5) is 10.5 Å². The van der Waals surface area contributed by atoms with Crippen LogP contribution >= 0.6 is 0 Å². The molecule has 6 nitrogen and oxygen atoms in total. The zero-order valence-electron chi connectivity index (χ0n) is 10.1. The minimum atomic E-state index is -1.86. The highest BCUT2D eigenvalue weighted by Crippen LogP contribution is 2.15. The first-order chi connectivity index (χ1) is 8.61. The molecule has 0 unspecified atom stereocenters. The van der Waals surface area contributed by atoms with Gasteiger partial charge in [0.2, 0.25) is 0 Å². The highest BCUT2D eigenvalue weighted by molar-refractivity contribution is 6.33. The molecule has 0 bridgehead atoms. The van der Waals surface area contributed by atoms with E-state index < -0.39 is 13.4 Å². The van der Waals surface area contributed by atoms with Gasteiger partial charge in [-0.3, -0.25) is 5.32 Å². The van der Waals surface area contributed by atoms with Gasteiger partial charge in [0.05, 0.1) is 6.61 Å². The fraction of sp³-hybridized carbons (Fsp3) is 0.364. The van der Waals surface area contributed by atoms with E-state index in [0.29, 0.717) is 12.3 Å². The largest absolute Gasteiger partial charge is 0.707 e. The molecule has 0 saturated heterocycles. The molecule has 0 spiro atoms. The molecule has 18 heavy (non-hydrogen) atoms. The standard InChI is InChI=1S/C11H16BNO5/c1-2-3-8-17-11(14)13-9-4-6-10(7-5-9)18-12(15)16/h4-7,15-16H,2-3,8H2,1H3,(H,13,14). The van der Waals surface area contributed by atoms with Crippen molar-refractivity contribution in [3.8, 4) is 5.75 Å². The van der Waals surface area contributed by atoms with Crippen LogP contribution in [0.25, 0.3) is 0 Å². The van der Waals surface area contributed by atoms with Crippen LogP contribution in [-0.4, -0.2) is 30.1 Å². The van der Waals surface area contributed by atoms with Crippen molar-refractivity contribution in [2.45, 2.75) is 19.8 Å². The average molecular weight is 253 g/mol. The second-order valence-electron chi connectivity index (χ2n) is 3.58. The van der Waals surface area contributed by atoms with Crippen LogP contribution < -0.4 is 9.97 Å². The van der Waals surface area contributed by atoms with Gasteiger partial charge in [0.25, 0.3) is 0 Å². The first-order valence-electron chi connectivity index (χ1n) is 5.68. The fourth-order valence-corrected chi connectivity index (χ4v) is 1.20. The lowest BCUT2D eigenvalue weighted by atomic mass is 10.2. The summed E-state index contributed by atoms with van der Waals surface area (Å²) in [5.41, 5.74) is 0.538.